The van der Waals surface area contributed by atoms with Gasteiger partial charge in [0.2, 0.25) is 0 Å². The topological polar surface area (TPSA) is 43.8 Å². The van der Waals surface area contributed by atoms with E-state index in [0.717, 1.165) is 23.5 Å². The highest BCUT2D eigenvalue weighted by molar-refractivity contribution is 5.72. The van der Waals surface area contributed by atoms with Crippen LogP contribution in [0.15, 0.2) is 24.3 Å². The van der Waals surface area contributed by atoms with Gasteiger partial charge in [0.25, 0.3) is 0 Å². The Morgan fingerprint density at radius 1 is 1.21 bits per heavy atom. The third-order valence-corrected chi connectivity index (χ3v) is 3.54. The standard InChI is InChI=1S/C16H23N3/c1-6-11-14(18-19(5)15(11)17)12-9-7-8-10-13(12)16(2,3)4/h7-10H,6,17H2,1-5H3. The summed E-state index contributed by atoms with van der Waals surface area (Å²) in [5, 5.41) is 4.62. The summed E-state index contributed by atoms with van der Waals surface area (Å²) in [4.78, 5) is 0. The second kappa shape index (κ2) is 4.72. The van der Waals surface area contributed by atoms with Crippen LogP contribution in [0.2, 0.25) is 0 Å². The first-order valence-electron chi connectivity index (χ1n) is 6.77. The number of nitrogens with two attached hydrogens (primary N) is 1. The first-order chi connectivity index (χ1) is 8.86. The minimum atomic E-state index is 0.0912. The Morgan fingerprint density at radius 2 is 1.84 bits per heavy atom. The minimum Gasteiger partial charge on any atom is -0.384 e. The summed E-state index contributed by atoms with van der Waals surface area (Å²) >= 11 is 0. The molecule has 2 N–H and O–H groups in total. The smallest absolute Gasteiger partial charge is 0.125 e. The fourth-order valence-electron chi connectivity index (χ4n) is 2.49. The number of hydrogen-bond acceptors (Lipinski definition) is 2. The van der Waals surface area contributed by atoms with E-state index in [2.05, 4.69) is 57.1 Å². The highest BCUT2D eigenvalue weighted by Crippen LogP contribution is 2.35. The predicted octanol–water partition coefficient (Wildman–Crippen LogP) is 3.53. The van der Waals surface area contributed by atoms with Crippen molar-refractivity contribution in [2.75, 3.05) is 5.73 Å². The Balaban J connectivity index is 2.70. The molecule has 0 bridgehead atoms. The Morgan fingerprint density at radius 3 is 2.42 bits per heavy atom. The first-order valence-corrected chi connectivity index (χ1v) is 6.77. The molecule has 0 aliphatic carbocycles. The molecule has 1 aromatic carbocycles. The normalized spacial score (nSPS) is 11.8. The summed E-state index contributed by atoms with van der Waals surface area (Å²) in [6, 6.07) is 8.47. The lowest BCUT2D eigenvalue weighted by atomic mass is 9.82. The maximum absolute atomic E-state index is 6.11. The van der Waals surface area contributed by atoms with Crippen molar-refractivity contribution < 1.29 is 0 Å². The molecule has 3 nitrogen and oxygen atoms in total. The fourth-order valence-corrected chi connectivity index (χ4v) is 2.49. The molecule has 3 heteroatoms. The van der Waals surface area contributed by atoms with E-state index in [1.807, 2.05) is 7.05 Å². The quantitative estimate of drug-likeness (QED) is 0.894. The van der Waals surface area contributed by atoms with Crippen molar-refractivity contribution in [2.24, 2.45) is 7.05 Å². The van der Waals surface area contributed by atoms with Gasteiger partial charge in [-0.2, -0.15) is 5.10 Å². The first kappa shape index (κ1) is 13.7. The van der Waals surface area contributed by atoms with E-state index >= 15 is 0 Å². The molecular formula is C16H23N3. The molecule has 1 heterocycles. The van der Waals surface area contributed by atoms with Crippen LogP contribution in [-0.4, -0.2) is 9.78 Å². The van der Waals surface area contributed by atoms with E-state index in [9.17, 15) is 0 Å². The maximum Gasteiger partial charge on any atom is 0.125 e. The molecule has 0 saturated heterocycles. The second-order valence-corrected chi connectivity index (χ2v) is 5.99. The number of aryl methyl sites for hydroxylation is 1. The Kier molecular flexibility index (Phi) is 3.40. The van der Waals surface area contributed by atoms with Gasteiger partial charge in [0, 0.05) is 18.2 Å². The van der Waals surface area contributed by atoms with Crippen molar-refractivity contribution in [3.63, 3.8) is 0 Å². The van der Waals surface area contributed by atoms with Crippen molar-refractivity contribution in [1.29, 1.82) is 0 Å². The number of benzene rings is 1. The van der Waals surface area contributed by atoms with Crippen LogP contribution in [-0.2, 0) is 18.9 Å². The largest absolute Gasteiger partial charge is 0.384 e. The van der Waals surface area contributed by atoms with Crippen LogP contribution >= 0.6 is 0 Å². The molecule has 0 saturated carbocycles. The summed E-state index contributed by atoms with van der Waals surface area (Å²) in [5.41, 5.74) is 10.9. The van der Waals surface area contributed by atoms with Crippen LogP contribution in [0.1, 0.15) is 38.8 Å². The van der Waals surface area contributed by atoms with Gasteiger partial charge in [-0.05, 0) is 17.4 Å². The molecule has 1 aromatic heterocycles. The molecule has 0 fully saturated rings. The second-order valence-electron chi connectivity index (χ2n) is 5.99. The van der Waals surface area contributed by atoms with E-state index in [1.165, 1.54) is 11.1 Å². The summed E-state index contributed by atoms with van der Waals surface area (Å²) in [6.45, 7) is 8.80. The monoisotopic (exact) mass is 257 g/mol. The molecule has 19 heavy (non-hydrogen) atoms. The maximum atomic E-state index is 6.11. The Hall–Kier alpha value is -1.77. The molecule has 0 unspecified atom stereocenters. The lowest BCUT2D eigenvalue weighted by Crippen LogP contribution is -2.13. The highest BCUT2D eigenvalue weighted by atomic mass is 15.3. The number of anilines is 1. The number of hydrogen-bond donors (Lipinski definition) is 1. The number of nitrogens with zero attached hydrogens (tertiary/aromatic N) is 2. The van der Waals surface area contributed by atoms with E-state index in [1.54, 1.807) is 4.68 Å². The van der Waals surface area contributed by atoms with Gasteiger partial charge in [-0.3, -0.25) is 4.68 Å². The third kappa shape index (κ3) is 2.37. The lowest BCUT2D eigenvalue weighted by molar-refractivity contribution is 0.591. The van der Waals surface area contributed by atoms with Gasteiger partial charge in [-0.15, -0.1) is 0 Å². The van der Waals surface area contributed by atoms with Gasteiger partial charge in [0.1, 0.15) is 5.82 Å². The molecule has 0 spiro atoms. The number of nitrogen functional groups attached to an aromatic ring is 1. The van der Waals surface area contributed by atoms with Crippen LogP contribution in [0.5, 0.6) is 0 Å². The average Bonchev–Trinajstić information content (AvgIpc) is 2.64. The van der Waals surface area contributed by atoms with Crippen molar-refractivity contribution in [3.8, 4) is 11.3 Å². The minimum absolute atomic E-state index is 0.0912. The van der Waals surface area contributed by atoms with Gasteiger partial charge < -0.3 is 5.73 Å². The van der Waals surface area contributed by atoms with Gasteiger partial charge in [-0.25, -0.2) is 0 Å². The van der Waals surface area contributed by atoms with Crippen molar-refractivity contribution in [2.45, 2.75) is 39.5 Å². The summed E-state index contributed by atoms with van der Waals surface area (Å²) in [6.07, 6.45) is 0.896. The van der Waals surface area contributed by atoms with Gasteiger partial charge in [0.15, 0.2) is 0 Å². The predicted molar refractivity (Wildman–Crippen MR) is 81.1 cm³/mol. The lowest BCUT2D eigenvalue weighted by Gasteiger charge is -2.22. The molecular weight excluding hydrogens is 234 g/mol. The zero-order valence-corrected chi connectivity index (χ0v) is 12.5. The van der Waals surface area contributed by atoms with Gasteiger partial charge in [-0.1, -0.05) is 52.0 Å². The Labute approximate surface area is 115 Å². The SMILES string of the molecule is CCc1c(-c2ccccc2C(C)(C)C)nn(C)c1N. The van der Waals surface area contributed by atoms with Crippen molar-refractivity contribution in [3.05, 3.63) is 35.4 Å². The summed E-state index contributed by atoms with van der Waals surface area (Å²) < 4.78 is 1.77. The zero-order valence-electron chi connectivity index (χ0n) is 12.5. The Bertz CT molecular complexity index is 589. The van der Waals surface area contributed by atoms with E-state index < -0.39 is 0 Å². The molecule has 0 atom stereocenters. The van der Waals surface area contributed by atoms with Gasteiger partial charge in [0.05, 0.1) is 5.69 Å². The zero-order chi connectivity index (χ0) is 14.2. The highest BCUT2D eigenvalue weighted by Gasteiger charge is 2.22. The van der Waals surface area contributed by atoms with Crippen LogP contribution < -0.4 is 5.73 Å². The molecule has 2 rings (SSSR count). The molecule has 2 aromatic rings. The molecule has 0 amide bonds. The summed E-state index contributed by atoms with van der Waals surface area (Å²) in [7, 11) is 1.90. The van der Waals surface area contributed by atoms with E-state index in [0.29, 0.717) is 0 Å². The molecule has 0 aliphatic rings. The van der Waals surface area contributed by atoms with Crippen molar-refractivity contribution >= 4 is 5.82 Å². The average molecular weight is 257 g/mol. The van der Waals surface area contributed by atoms with Gasteiger partial charge >= 0.3 is 0 Å². The van der Waals surface area contributed by atoms with E-state index in [-0.39, 0.29) is 5.41 Å². The van der Waals surface area contributed by atoms with Crippen LogP contribution in [0.25, 0.3) is 11.3 Å². The molecule has 0 aliphatic heterocycles. The van der Waals surface area contributed by atoms with Crippen LogP contribution in [0, 0.1) is 0 Å². The van der Waals surface area contributed by atoms with E-state index in [4.69, 9.17) is 5.73 Å². The van der Waals surface area contributed by atoms with Crippen LogP contribution in [0.4, 0.5) is 5.82 Å². The van der Waals surface area contributed by atoms with Crippen LogP contribution in [0.3, 0.4) is 0 Å². The summed E-state index contributed by atoms with van der Waals surface area (Å²) in [5.74, 6) is 0.765. The fraction of sp³-hybridized carbons (Fsp3) is 0.438. The molecule has 102 valence electrons. The number of aromatic nitrogens is 2. The van der Waals surface area contributed by atoms with Crippen molar-refractivity contribution in [1.82, 2.24) is 9.78 Å². The third-order valence-electron chi connectivity index (χ3n) is 3.54. The molecule has 0 radical (unpaired) electrons. The number of rotatable bonds is 2.